The molecule has 0 saturated carbocycles. The number of anilines is 1. The molecule has 7 nitrogen and oxygen atoms in total. The summed E-state index contributed by atoms with van der Waals surface area (Å²) in [6.07, 6.45) is 10.1. The number of carbonyl (C=O) groups excluding carboxylic acids is 1. The van der Waals surface area contributed by atoms with Gasteiger partial charge in [-0.15, -0.1) is 0 Å². The number of rotatable bonds is 5. The maximum atomic E-state index is 11.9. The first-order valence-corrected chi connectivity index (χ1v) is 10.5. The number of aromatic nitrogens is 2. The van der Waals surface area contributed by atoms with Crippen molar-refractivity contribution in [1.82, 2.24) is 20.8 Å². The molecule has 177 valence electrons. The first-order chi connectivity index (χ1) is 16.2. The zero-order chi connectivity index (χ0) is 23.3. The van der Waals surface area contributed by atoms with Crippen molar-refractivity contribution in [2.75, 3.05) is 12.4 Å². The van der Waals surface area contributed by atoms with E-state index in [0.29, 0.717) is 16.4 Å². The van der Waals surface area contributed by atoms with Crippen molar-refractivity contribution in [3.8, 4) is 11.4 Å². The number of ether oxygens (including phenoxy) is 1. The van der Waals surface area contributed by atoms with Gasteiger partial charge in [-0.1, -0.05) is 36.4 Å². The van der Waals surface area contributed by atoms with E-state index in [2.05, 4.69) is 26.1 Å². The van der Waals surface area contributed by atoms with Crippen molar-refractivity contribution in [3.63, 3.8) is 0 Å². The van der Waals surface area contributed by atoms with Gasteiger partial charge in [0.2, 0.25) is 5.78 Å². The summed E-state index contributed by atoms with van der Waals surface area (Å²) < 4.78 is 4.97. The predicted octanol–water partition coefficient (Wildman–Crippen LogP) is 4.17. The van der Waals surface area contributed by atoms with Gasteiger partial charge < -0.3 is 15.5 Å². The molecule has 1 radical (unpaired) electrons. The Hall–Kier alpha value is -3.78. The van der Waals surface area contributed by atoms with E-state index in [1.807, 2.05) is 66.7 Å². The van der Waals surface area contributed by atoms with E-state index >= 15 is 0 Å². The number of benzene rings is 1. The van der Waals surface area contributed by atoms with Crippen LogP contribution in [0.5, 0.6) is 0 Å². The topological polar surface area (TPSA) is 88.2 Å². The predicted molar refractivity (Wildman–Crippen MR) is 134 cm³/mol. The van der Waals surface area contributed by atoms with Crippen LogP contribution in [0.1, 0.15) is 0 Å². The van der Waals surface area contributed by atoms with Crippen LogP contribution < -0.4 is 16.2 Å². The third-order valence-electron chi connectivity index (χ3n) is 4.27. The second-order valence-corrected chi connectivity index (χ2v) is 6.95. The molecule has 2 heterocycles. The minimum Gasteiger partial charge on any atom is -0.493 e. The second-order valence-electron chi connectivity index (χ2n) is 6.54. The Balaban J connectivity index is 0.000000266. The third kappa shape index (κ3) is 8.29. The van der Waals surface area contributed by atoms with Gasteiger partial charge in [0.25, 0.3) is 0 Å². The van der Waals surface area contributed by atoms with Crippen LogP contribution in [0.15, 0.2) is 115 Å². The van der Waals surface area contributed by atoms with Crippen LogP contribution in [0.4, 0.5) is 5.69 Å². The Morgan fingerprint density at radius 2 is 1.56 bits per heavy atom. The molecule has 3 aromatic rings. The fourth-order valence-corrected chi connectivity index (χ4v) is 2.88. The molecule has 1 aliphatic rings. The summed E-state index contributed by atoms with van der Waals surface area (Å²) in [4.78, 5) is 20.3. The summed E-state index contributed by atoms with van der Waals surface area (Å²) in [6, 6.07) is 21.1. The molecule has 9 heteroatoms. The van der Waals surface area contributed by atoms with Crippen LogP contribution in [-0.2, 0) is 26.6 Å². The number of hydrogen-bond acceptors (Lipinski definition) is 6. The molecule has 0 bridgehead atoms. The Kier molecular flexibility index (Phi) is 11.2. The van der Waals surface area contributed by atoms with Gasteiger partial charge in [0, 0.05) is 46.9 Å². The van der Waals surface area contributed by atoms with E-state index in [1.165, 1.54) is 13.3 Å². The molecule has 0 atom stereocenters. The number of thiocarbonyl (C=S) groups is 1. The molecule has 0 amide bonds. The molecule has 0 aliphatic heterocycles. The molecule has 0 spiro atoms. The summed E-state index contributed by atoms with van der Waals surface area (Å²) in [5.41, 5.74) is 8.74. The minimum atomic E-state index is -0.184. The van der Waals surface area contributed by atoms with Gasteiger partial charge in [0.05, 0.1) is 18.5 Å². The number of nitrogens with zero attached hydrogens (tertiary/aromatic N) is 2. The van der Waals surface area contributed by atoms with Crippen molar-refractivity contribution in [2.45, 2.75) is 0 Å². The van der Waals surface area contributed by atoms with Gasteiger partial charge in [-0.3, -0.25) is 20.2 Å². The zero-order valence-electron chi connectivity index (χ0n) is 18.2. The monoisotopic (exact) mass is 520 g/mol. The Morgan fingerprint density at radius 3 is 2.12 bits per heavy atom. The molecule has 2 aromatic heterocycles. The maximum absolute atomic E-state index is 11.9. The summed E-state index contributed by atoms with van der Waals surface area (Å²) in [7, 11) is 1.46. The molecule has 4 rings (SSSR count). The number of hydrogen-bond donors (Lipinski definition) is 3. The first kappa shape index (κ1) is 26.5. The largest absolute Gasteiger partial charge is 0.493 e. The van der Waals surface area contributed by atoms with Crippen molar-refractivity contribution in [3.05, 3.63) is 115 Å². The quantitative estimate of drug-likeness (QED) is 0.200. The standard InChI is InChI=1S/C15H15N3O2S.C10H8N2.Cu/c1-20-13-9-5-6-11(14(13)19)10-16-18-15(21)17-12-7-3-2-4-8-12;1-3-7-11-9(5-1)10-6-2-4-8-12-10;/h2-10,16H,1H3,(H2,17,18,21);1-8H;/b11-10-;;. The molecule has 34 heavy (non-hydrogen) atoms. The number of methoxy groups -OCH3 is 1. The van der Waals surface area contributed by atoms with Gasteiger partial charge in [-0.25, -0.2) is 0 Å². The number of carbonyl (C=O) groups is 1. The van der Waals surface area contributed by atoms with Gasteiger partial charge in [0.1, 0.15) is 0 Å². The van der Waals surface area contributed by atoms with Crippen molar-refractivity contribution in [2.24, 2.45) is 0 Å². The molecular formula is C25H23CuN5O2S. The molecule has 0 unspecified atom stereocenters. The van der Waals surface area contributed by atoms with Crippen LogP contribution in [0.25, 0.3) is 11.4 Å². The number of pyridine rings is 2. The number of ketones is 1. The van der Waals surface area contributed by atoms with Gasteiger partial charge in [-0.2, -0.15) is 0 Å². The molecular weight excluding hydrogens is 498 g/mol. The first-order valence-electron chi connectivity index (χ1n) is 10.0. The fraction of sp³-hybridized carbons (Fsp3) is 0.0400. The summed E-state index contributed by atoms with van der Waals surface area (Å²) in [6.45, 7) is 0. The number of allylic oxidation sites excluding steroid dienone is 4. The second kappa shape index (κ2) is 14.4. The number of hydrazine groups is 1. The van der Waals surface area contributed by atoms with E-state index in [1.54, 1.807) is 30.6 Å². The summed E-state index contributed by atoms with van der Waals surface area (Å²) in [5.74, 6) is 0.117. The average molecular weight is 521 g/mol. The van der Waals surface area contributed by atoms with E-state index in [-0.39, 0.29) is 22.9 Å². The molecule has 1 aromatic carbocycles. The van der Waals surface area contributed by atoms with Gasteiger partial charge >= 0.3 is 0 Å². The fourth-order valence-electron chi connectivity index (χ4n) is 2.70. The molecule has 3 N–H and O–H groups in total. The minimum absolute atomic E-state index is 0. The molecule has 1 aliphatic carbocycles. The van der Waals surface area contributed by atoms with E-state index in [9.17, 15) is 4.79 Å². The van der Waals surface area contributed by atoms with Crippen LogP contribution in [-0.4, -0.2) is 28.0 Å². The van der Waals surface area contributed by atoms with Crippen molar-refractivity contribution >= 4 is 28.8 Å². The van der Waals surface area contributed by atoms with Crippen LogP contribution in [0, 0.1) is 0 Å². The van der Waals surface area contributed by atoms with E-state index in [4.69, 9.17) is 17.0 Å². The van der Waals surface area contributed by atoms with Crippen molar-refractivity contribution in [1.29, 1.82) is 0 Å². The summed E-state index contributed by atoms with van der Waals surface area (Å²) >= 11 is 5.13. The van der Waals surface area contributed by atoms with Crippen molar-refractivity contribution < 1.29 is 26.6 Å². The number of para-hydroxylation sites is 1. The van der Waals surface area contributed by atoms with E-state index in [0.717, 1.165) is 17.1 Å². The number of nitrogens with one attached hydrogen (secondary N) is 3. The van der Waals surface area contributed by atoms with Crippen LogP contribution >= 0.6 is 12.2 Å². The molecule has 0 saturated heterocycles. The molecule has 0 fully saturated rings. The van der Waals surface area contributed by atoms with Crippen LogP contribution in [0.2, 0.25) is 0 Å². The zero-order valence-corrected chi connectivity index (χ0v) is 20.0. The van der Waals surface area contributed by atoms with Gasteiger partial charge in [-0.05, 0) is 60.8 Å². The third-order valence-corrected chi connectivity index (χ3v) is 4.47. The summed E-state index contributed by atoms with van der Waals surface area (Å²) in [5, 5.41) is 3.40. The Bertz CT molecular complexity index is 1120. The Morgan fingerprint density at radius 1 is 0.941 bits per heavy atom. The average Bonchev–Trinajstić information content (AvgIpc) is 2.87. The van der Waals surface area contributed by atoms with Gasteiger partial charge in [0.15, 0.2) is 10.9 Å². The maximum Gasteiger partial charge on any atom is 0.229 e. The smallest absolute Gasteiger partial charge is 0.229 e. The van der Waals surface area contributed by atoms with Crippen LogP contribution in [0.3, 0.4) is 0 Å². The SMILES string of the molecule is COC1=CC=C/C(=C/NNC(=S)Nc2ccccc2)C1=O.[Cu].c1ccc(-c2ccccn2)nc1. The number of Topliss-reactive ketones (excluding diaryl/α,β-unsaturated/α-hetero) is 1. The van der Waals surface area contributed by atoms with E-state index < -0.39 is 0 Å². The normalized spacial score (nSPS) is 12.9. The Labute approximate surface area is 214 Å².